The molecule has 0 spiro atoms. The predicted octanol–water partition coefficient (Wildman–Crippen LogP) is 5.17. The largest absolute Gasteiger partial charge is 0.372 e. The number of halogens is 1. The second-order valence-electron chi connectivity index (χ2n) is 9.74. The van der Waals surface area contributed by atoms with Crippen molar-refractivity contribution in [1.82, 2.24) is 10.2 Å². The highest BCUT2D eigenvalue weighted by atomic mass is 32.1. The van der Waals surface area contributed by atoms with Crippen LogP contribution in [0.15, 0.2) is 60.0 Å². The first-order valence-electron chi connectivity index (χ1n) is 12.0. The van der Waals surface area contributed by atoms with Crippen LogP contribution < -0.4 is 10.2 Å². The second kappa shape index (κ2) is 9.40. The van der Waals surface area contributed by atoms with Crippen molar-refractivity contribution in [3.05, 3.63) is 76.2 Å². The molecule has 5 rings (SSSR count). The van der Waals surface area contributed by atoms with Gasteiger partial charge in [-0.3, -0.25) is 15.1 Å². The number of piperidine rings is 1. The van der Waals surface area contributed by atoms with E-state index in [-0.39, 0.29) is 29.5 Å². The molecule has 0 saturated carbocycles. The Morgan fingerprint density at radius 1 is 1.14 bits per heavy atom. The molecule has 2 saturated heterocycles. The zero-order valence-electron chi connectivity index (χ0n) is 20.3. The minimum atomic E-state index is -0.723. The van der Waals surface area contributed by atoms with Crippen molar-refractivity contribution >= 4 is 28.9 Å². The fourth-order valence-electron chi connectivity index (χ4n) is 5.53. The third kappa shape index (κ3) is 4.24. The van der Waals surface area contributed by atoms with Crippen molar-refractivity contribution in [2.24, 2.45) is 11.8 Å². The molecule has 3 heterocycles. The van der Waals surface area contributed by atoms with E-state index in [0.717, 1.165) is 47.6 Å². The summed E-state index contributed by atoms with van der Waals surface area (Å²) in [5.41, 5.74) is 2.83. The number of carbonyl (C=O) groups excluding carboxylic acids is 1. The van der Waals surface area contributed by atoms with Gasteiger partial charge in [0, 0.05) is 30.7 Å². The van der Waals surface area contributed by atoms with Gasteiger partial charge in [0.25, 0.3) is 0 Å². The Morgan fingerprint density at radius 3 is 2.56 bits per heavy atom. The number of carbonyl (C=O) groups is 1. The molecule has 0 radical (unpaired) electrons. The van der Waals surface area contributed by atoms with Crippen LogP contribution in [0.1, 0.15) is 30.2 Å². The van der Waals surface area contributed by atoms with Crippen LogP contribution in [0, 0.1) is 34.4 Å². The summed E-state index contributed by atoms with van der Waals surface area (Å²) in [6.45, 7) is 3.60. The molecule has 2 aliphatic rings. The Balaban J connectivity index is 1.43. The topological polar surface area (TPSA) is 83.2 Å². The molecule has 2 atom stereocenters. The van der Waals surface area contributed by atoms with Crippen LogP contribution in [0.25, 0.3) is 11.1 Å². The van der Waals surface area contributed by atoms with Crippen molar-refractivity contribution in [1.29, 1.82) is 10.7 Å². The molecule has 3 aromatic rings. The highest BCUT2D eigenvalue weighted by Crippen LogP contribution is 2.45. The van der Waals surface area contributed by atoms with Gasteiger partial charge in [0.2, 0.25) is 5.91 Å². The lowest BCUT2D eigenvalue weighted by atomic mass is 9.70. The summed E-state index contributed by atoms with van der Waals surface area (Å²) >= 11 is 1.58. The van der Waals surface area contributed by atoms with Crippen LogP contribution in [0.3, 0.4) is 0 Å². The molecule has 2 N–H and O–H groups in total. The molecule has 6 nitrogen and oxygen atoms in total. The summed E-state index contributed by atoms with van der Waals surface area (Å²) in [5, 5.41) is 23.1. The van der Waals surface area contributed by atoms with Gasteiger partial charge in [0.15, 0.2) is 5.96 Å². The van der Waals surface area contributed by atoms with E-state index in [1.54, 1.807) is 36.6 Å². The Kier molecular flexibility index (Phi) is 6.27. The Hall–Kier alpha value is -3.70. The SMILES string of the molecule is CN1C(=N)N[C@](C)(c2cc(-c3cccc(C#N)c3)cs2)[C@@H](C2CCN(c3ccc(F)cc3)CC2)C1=O. The van der Waals surface area contributed by atoms with Crippen molar-refractivity contribution in [2.45, 2.75) is 25.3 Å². The summed E-state index contributed by atoms with van der Waals surface area (Å²) in [5.74, 6) is -0.381. The first-order valence-corrected chi connectivity index (χ1v) is 12.9. The summed E-state index contributed by atoms with van der Waals surface area (Å²) < 4.78 is 13.4. The summed E-state index contributed by atoms with van der Waals surface area (Å²) in [7, 11) is 1.66. The molecular weight excluding hydrogens is 473 g/mol. The number of nitrogens with one attached hydrogen (secondary N) is 2. The third-order valence-electron chi connectivity index (χ3n) is 7.57. The van der Waals surface area contributed by atoms with Crippen molar-refractivity contribution in [3.8, 4) is 17.2 Å². The van der Waals surface area contributed by atoms with E-state index in [2.05, 4.69) is 27.7 Å². The van der Waals surface area contributed by atoms with Gasteiger partial charge in [-0.1, -0.05) is 12.1 Å². The number of anilines is 1. The van der Waals surface area contributed by atoms with E-state index < -0.39 is 5.54 Å². The molecule has 0 aliphatic carbocycles. The number of amides is 1. The number of benzene rings is 2. The van der Waals surface area contributed by atoms with Crippen LogP contribution in [-0.4, -0.2) is 36.9 Å². The molecule has 2 aromatic carbocycles. The van der Waals surface area contributed by atoms with Gasteiger partial charge in [-0.25, -0.2) is 4.39 Å². The Morgan fingerprint density at radius 2 is 1.86 bits per heavy atom. The number of hydrogen-bond acceptors (Lipinski definition) is 5. The average Bonchev–Trinajstić information content (AvgIpc) is 3.40. The molecular formula is C28H28FN5OS. The van der Waals surface area contributed by atoms with Gasteiger partial charge < -0.3 is 10.2 Å². The zero-order valence-corrected chi connectivity index (χ0v) is 21.1. The molecule has 2 fully saturated rings. The van der Waals surface area contributed by atoms with E-state index in [4.69, 9.17) is 5.41 Å². The lowest BCUT2D eigenvalue weighted by molar-refractivity contribution is -0.138. The quantitative estimate of drug-likeness (QED) is 0.517. The lowest BCUT2D eigenvalue weighted by Crippen LogP contribution is -2.65. The monoisotopic (exact) mass is 501 g/mol. The van der Waals surface area contributed by atoms with Crippen molar-refractivity contribution in [2.75, 3.05) is 25.0 Å². The molecule has 8 heteroatoms. The minimum Gasteiger partial charge on any atom is -0.372 e. The van der Waals surface area contributed by atoms with Crippen molar-refractivity contribution in [3.63, 3.8) is 0 Å². The molecule has 36 heavy (non-hydrogen) atoms. The molecule has 2 aliphatic heterocycles. The number of nitriles is 1. The van der Waals surface area contributed by atoms with Crippen LogP contribution in [0.4, 0.5) is 10.1 Å². The van der Waals surface area contributed by atoms with E-state index in [1.165, 1.54) is 17.0 Å². The van der Waals surface area contributed by atoms with Gasteiger partial charge in [-0.2, -0.15) is 5.26 Å². The maximum Gasteiger partial charge on any atom is 0.235 e. The van der Waals surface area contributed by atoms with Gasteiger partial charge in [0.05, 0.1) is 23.1 Å². The first-order chi connectivity index (χ1) is 17.3. The number of guanidine groups is 1. The average molecular weight is 502 g/mol. The van der Waals surface area contributed by atoms with Gasteiger partial charge >= 0.3 is 0 Å². The first kappa shape index (κ1) is 24.0. The lowest BCUT2D eigenvalue weighted by Gasteiger charge is -2.49. The van der Waals surface area contributed by atoms with Crippen LogP contribution in [0.2, 0.25) is 0 Å². The molecule has 0 bridgehead atoms. The maximum atomic E-state index is 13.6. The van der Waals surface area contributed by atoms with Gasteiger partial charge in [0.1, 0.15) is 5.82 Å². The standard InChI is InChI=1S/C28H28FN5OS/c1-28(24-15-21(17-36-24)20-5-3-4-18(14-20)16-30)25(26(35)33(2)27(31)32-28)19-10-12-34(13-11-19)23-8-6-22(29)7-9-23/h3-9,14-15,17,19,25H,10-13H2,1-2H3,(H2,31,32)/t25-,28+/m0/s1. The number of rotatable bonds is 4. The van der Waals surface area contributed by atoms with Crippen molar-refractivity contribution < 1.29 is 9.18 Å². The predicted molar refractivity (Wildman–Crippen MR) is 140 cm³/mol. The third-order valence-corrected chi connectivity index (χ3v) is 8.74. The summed E-state index contributed by atoms with van der Waals surface area (Å²) in [6, 6.07) is 18.3. The summed E-state index contributed by atoms with van der Waals surface area (Å²) in [4.78, 5) is 18.3. The maximum absolute atomic E-state index is 13.6. The second-order valence-corrected chi connectivity index (χ2v) is 10.7. The molecule has 1 amide bonds. The number of nitrogens with zero attached hydrogens (tertiary/aromatic N) is 3. The Labute approximate surface area is 214 Å². The van der Waals surface area contributed by atoms with Crippen LogP contribution in [0.5, 0.6) is 0 Å². The number of thiophene rings is 1. The fraction of sp³-hybridized carbons (Fsp3) is 0.321. The Bertz CT molecular complexity index is 1340. The summed E-state index contributed by atoms with van der Waals surface area (Å²) in [6.07, 6.45) is 1.66. The zero-order chi connectivity index (χ0) is 25.4. The molecule has 0 unspecified atom stereocenters. The van der Waals surface area contributed by atoms with Crippen LogP contribution >= 0.6 is 11.3 Å². The van der Waals surface area contributed by atoms with Gasteiger partial charge in [-0.15, -0.1) is 11.3 Å². The minimum absolute atomic E-state index is 0.0390. The fourth-order valence-corrected chi connectivity index (χ4v) is 6.61. The molecule has 1 aromatic heterocycles. The van der Waals surface area contributed by atoms with E-state index in [1.807, 2.05) is 25.1 Å². The van der Waals surface area contributed by atoms with E-state index in [0.29, 0.717) is 5.56 Å². The van der Waals surface area contributed by atoms with E-state index >= 15 is 0 Å². The highest BCUT2D eigenvalue weighted by molar-refractivity contribution is 7.10. The number of hydrogen-bond donors (Lipinski definition) is 2. The highest BCUT2D eigenvalue weighted by Gasteiger charge is 2.52. The van der Waals surface area contributed by atoms with E-state index in [9.17, 15) is 14.4 Å². The van der Waals surface area contributed by atoms with Crippen LogP contribution in [-0.2, 0) is 10.3 Å². The smallest absolute Gasteiger partial charge is 0.235 e. The molecule has 184 valence electrons. The van der Waals surface area contributed by atoms with Gasteiger partial charge in [-0.05, 0) is 84.7 Å². The normalized spacial score (nSPS) is 22.9.